The molecular weight excluding hydrogens is 383 g/mol. The Balaban J connectivity index is 1.46. The quantitative estimate of drug-likeness (QED) is 0.311. The monoisotopic (exact) mass is 424 g/mol. The second kappa shape index (κ2) is 13.0. The molecule has 1 fully saturated rings. The summed E-state index contributed by atoms with van der Waals surface area (Å²) in [6.07, 6.45) is 15.3. The number of ether oxygens (including phenoxy) is 1. The highest BCUT2D eigenvalue weighted by atomic mass is 19.1. The predicted octanol–water partition coefficient (Wildman–Crippen LogP) is 8.39. The van der Waals surface area contributed by atoms with E-state index in [-0.39, 0.29) is 5.82 Å². The molecule has 1 saturated carbocycles. The first-order valence-electron chi connectivity index (χ1n) is 12.6. The summed E-state index contributed by atoms with van der Waals surface area (Å²) in [5.74, 6) is 1.70. The van der Waals surface area contributed by atoms with E-state index in [1.54, 1.807) is 13.2 Å². The van der Waals surface area contributed by atoms with Crippen LogP contribution in [0.25, 0.3) is 11.1 Å². The number of aryl methyl sites for hydroxylation is 2. The highest BCUT2D eigenvalue weighted by molar-refractivity contribution is 5.64. The molecule has 2 heteroatoms. The largest absolute Gasteiger partial charge is 0.385 e. The van der Waals surface area contributed by atoms with Gasteiger partial charge in [0.25, 0.3) is 0 Å². The van der Waals surface area contributed by atoms with Gasteiger partial charge in [0.1, 0.15) is 5.82 Å². The maximum atomic E-state index is 14.8. The summed E-state index contributed by atoms with van der Waals surface area (Å²) in [5, 5.41) is 0. The van der Waals surface area contributed by atoms with E-state index in [0.717, 1.165) is 48.8 Å². The van der Waals surface area contributed by atoms with Crippen molar-refractivity contribution in [3.63, 3.8) is 0 Å². The Kier molecular flexibility index (Phi) is 10.1. The fraction of sp³-hybridized carbons (Fsp3) is 0.586. The van der Waals surface area contributed by atoms with Crippen LogP contribution in [0.15, 0.2) is 42.5 Å². The number of rotatable bonds is 12. The fourth-order valence-electron chi connectivity index (χ4n) is 5.08. The number of benzene rings is 2. The van der Waals surface area contributed by atoms with Gasteiger partial charge in [-0.1, -0.05) is 94.7 Å². The van der Waals surface area contributed by atoms with Gasteiger partial charge in [0.2, 0.25) is 0 Å². The van der Waals surface area contributed by atoms with Crippen LogP contribution in [-0.2, 0) is 17.6 Å². The summed E-state index contributed by atoms with van der Waals surface area (Å²) >= 11 is 0. The molecule has 0 radical (unpaired) electrons. The molecule has 31 heavy (non-hydrogen) atoms. The molecule has 0 spiro atoms. The summed E-state index contributed by atoms with van der Waals surface area (Å²) in [7, 11) is 1.73. The molecule has 2 aromatic carbocycles. The molecule has 0 bridgehead atoms. The fourth-order valence-corrected chi connectivity index (χ4v) is 5.08. The van der Waals surface area contributed by atoms with E-state index in [2.05, 4.69) is 25.1 Å². The number of unbranched alkanes of at least 4 members (excludes halogenated alkanes) is 2. The van der Waals surface area contributed by atoms with Crippen LogP contribution < -0.4 is 0 Å². The maximum absolute atomic E-state index is 14.8. The Morgan fingerprint density at radius 3 is 2.13 bits per heavy atom. The van der Waals surface area contributed by atoms with E-state index in [1.807, 2.05) is 18.2 Å². The molecule has 0 amide bonds. The van der Waals surface area contributed by atoms with Crippen molar-refractivity contribution in [2.45, 2.75) is 84.0 Å². The minimum atomic E-state index is -0.0933. The lowest BCUT2D eigenvalue weighted by molar-refractivity contribution is 0.195. The molecule has 0 saturated heterocycles. The van der Waals surface area contributed by atoms with Gasteiger partial charge in [-0.15, -0.1) is 0 Å². The predicted molar refractivity (Wildman–Crippen MR) is 130 cm³/mol. The third-order valence-electron chi connectivity index (χ3n) is 7.14. The van der Waals surface area contributed by atoms with Crippen molar-refractivity contribution in [3.05, 3.63) is 59.4 Å². The molecule has 0 heterocycles. The highest BCUT2D eigenvalue weighted by Gasteiger charge is 2.20. The average molecular weight is 425 g/mol. The first kappa shape index (κ1) is 24.0. The summed E-state index contributed by atoms with van der Waals surface area (Å²) in [5.41, 5.74) is 4.08. The molecule has 2 aromatic rings. The Bertz CT molecular complexity index is 759. The minimum Gasteiger partial charge on any atom is -0.385 e. The zero-order valence-corrected chi connectivity index (χ0v) is 19.7. The lowest BCUT2D eigenvalue weighted by atomic mass is 9.78. The lowest BCUT2D eigenvalue weighted by Crippen LogP contribution is -2.15. The van der Waals surface area contributed by atoms with E-state index in [4.69, 9.17) is 4.74 Å². The first-order valence-corrected chi connectivity index (χ1v) is 12.6. The Morgan fingerprint density at radius 2 is 1.48 bits per heavy atom. The van der Waals surface area contributed by atoms with E-state index in [1.165, 1.54) is 63.4 Å². The van der Waals surface area contributed by atoms with Crippen LogP contribution in [0.4, 0.5) is 4.39 Å². The molecule has 1 aliphatic rings. The highest BCUT2D eigenvalue weighted by Crippen LogP contribution is 2.34. The van der Waals surface area contributed by atoms with Crippen LogP contribution >= 0.6 is 0 Å². The summed E-state index contributed by atoms with van der Waals surface area (Å²) in [4.78, 5) is 0. The van der Waals surface area contributed by atoms with Crippen molar-refractivity contribution in [3.8, 4) is 11.1 Å². The first-order chi connectivity index (χ1) is 15.2. The van der Waals surface area contributed by atoms with E-state index in [9.17, 15) is 4.39 Å². The van der Waals surface area contributed by atoms with E-state index < -0.39 is 0 Å². The zero-order chi connectivity index (χ0) is 21.9. The van der Waals surface area contributed by atoms with Crippen LogP contribution in [0, 0.1) is 17.7 Å². The minimum absolute atomic E-state index is 0.0933. The number of hydrogen-bond donors (Lipinski definition) is 0. The molecule has 3 rings (SSSR count). The van der Waals surface area contributed by atoms with Crippen molar-refractivity contribution in [1.82, 2.24) is 0 Å². The third-order valence-corrected chi connectivity index (χ3v) is 7.14. The van der Waals surface area contributed by atoms with Gasteiger partial charge in [0.05, 0.1) is 0 Å². The molecule has 170 valence electrons. The normalized spacial score (nSPS) is 18.9. The third kappa shape index (κ3) is 7.75. The molecule has 0 unspecified atom stereocenters. The average Bonchev–Trinajstić information content (AvgIpc) is 2.80. The van der Waals surface area contributed by atoms with Crippen LogP contribution in [0.5, 0.6) is 0 Å². The van der Waals surface area contributed by atoms with Gasteiger partial charge in [-0.3, -0.25) is 0 Å². The topological polar surface area (TPSA) is 9.23 Å². The van der Waals surface area contributed by atoms with Gasteiger partial charge >= 0.3 is 0 Å². The zero-order valence-electron chi connectivity index (χ0n) is 19.7. The second-order valence-corrected chi connectivity index (χ2v) is 9.53. The van der Waals surface area contributed by atoms with Gasteiger partial charge in [0, 0.05) is 19.3 Å². The van der Waals surface area contributed by atoms with Crippen LogP contribution in [-0.4, -0.2) is 13.7 Å². The second-order valence-electron chi connectivity index (χ2n) is 9.53. The molecule has 1 nitrogen and oxygen atoms in total. The van der Waals surface area contributed by atoms with Gasteiger partial charge < -0.3 is 4.74 Å². The van der Waals surface area contributed by atoms with Crippen molar-refractivity contribution in [1.29, 1.82) is 0 Å². The van der Waals surface area contributed by atoms with E-state index >= 15 is 0 Å². The van der Waals surface area contributed by atoms with Gasteiger partial charge in [-0.05, 0) is 60.3 Å². The Hall–Kier alpha value is -1.67. The van der Waals surface area contributed by atoms with Gasteiger partial charge in [-0.25, -0.2) is 4.39 Å². The maximum Gasteiger partial charge on any atom is 0.131 e. The van der Waals surface area contributed by atoms with Gasteiger partial charge in [0.15, 0.2) is 0 Å². The lowest BCUT2D eigenvalue weighted by Gasteiger charge is -2.28. The number of halogens is 1. The molecule has 0 N–H and O–H groups in total. The summed E-state index contributed by atoms with van der Waals surface area (Å²) in [6, 6.07) is 14.2. The standard InChI is InChI=1S/C29H41FO/c1-3-4-5-7-23-9-11-25(12-10-23)13-14-26-17-20-28(29(30)22-26)27-18-15-24(16-19-27)8-6-21-31-2/h15-20,22-23,25H,3-14,21H2,1-2H3. The van der Waals surface area contributed by atoms with Crippen molar-refractivity contribution < 1.29 is 9.13 Å². The molecule has 1 aliphatic carbocycles. The van der Waals surface area contributed by atoms with Crippen LogP contribution in [0.3, 0.4) is 0 Å². The molecular formula is C29H41FO. The van der Waals surface area contributed by atoms with Crippen molar-refractivity contribution in [2.24, 2.45) is 11.8 Å². The Labute approximate surface area is 189 Å². The SMILES string of the molecule is CCCCCC1CCC(CCc2ccc(-c3ccc(CCCOC)cc3)c(F)c2)CC1. The Morgan fingerprint density at radius 1 is 0.806 bits per heavy atom. The summed E-state index contributed by atoms with van der Waals surface area (Å²) in [6.45, 7) is 3.06. The molecule has 0 atom stereocenters. The number of hydrogen-bond acceptors (Lipinski definition) is 1. The smallest absolute Gasteiger partial charge is 0.131 e. The van der Waals surface area contributed by atoms with E-state index in [0.29, 0.717) is 5.56 Å². The molecule has 0 aliphatic heterocycles. The van der Waals surface area contributed by atoms with Crippen molar-refractivity contribution in [2.75, 3.05) is 13.7 Å². The van der Waals surface area contributed by atoms with Crippen molar-refractivity contribution >= 4 is 0 Å². The van der Waals surface area contributed by atoms with Crippen LogP contribution in [0.2, 0.25) is 0 Å². The van der Waals surface area contributed by atoms with Crippen LogP contribution in [0.1, 0.15) is 82.3 Å². The van der Waals surface area contributed by atoms with Gasteiger partial charge in [-0.2, -0.15) is 0 Å². The molecule has 0 aromatic heterocycles. The number of methoxy groups -OCH3 is 1. The summed E-state index contributed by atoms with van der Waals surface area (Å²) < 4.78 is 19.9.